The van der Waals surface area contributed by atoms with Crippen LogP contribution in [0.2, 0.25) is 0 Å². The number of nitrogens with one attached hydrogen (secondary N) is 1. The van der Waals surface area contributed by atoms with Gasteiger partial charge in [0.2, 0.25) is 5.89 Å². The zero-order valence-corrected chi connectivity index (χ0v) is 13.8. The molecule has 1 aliphatic heterocycles. The third-order valence-corrected chi connectivity index (χ3v) is 5.33. The molecular formula is C15H14N4O2S2. The number of carbonyl (C=O) groups is 1. The van der Waals surface area contributed by atoms with Crippen LogP contribution in [0.25, 0.3) is 0 Å². The summed E-state index contributed by atoms with van der Waals surface area (Å²) < 4.78 is 5.34. The second-order valence-corrected chi connectivity index (χ2v) is 7.29. The maximum atomic E-state index is 12.0. The fourth-order valence-corrected chi connectivity index (χ4v) is 3.72. The van der Waals surface area contributed by atoms with Crippen molar-refractivity contribution < 1.29 is 9.32 Å². The number of aromatic nitrogens is 2. The molecule has 3 aromatic rings. The minimum atomic E-state index is -0.0815. The molecule has 1 fully saturated rings. The van der Waals surface area contributed by atoms with Crippen LogP contribution in [-0.4, -0.2) is 34.2 Å². The Bertz CT molecular complexity index is 776. The summed E-state index contributed by atoms with van der Waals surface area (Å²) in [6.07, 6.45) is 0.691. The van der Waals surface area contributed by atoms with E-state index in [-0.39, 0.29) is 11.9 Å². The molecule has 4 rings (SSSR count). The molecular weight excluding hydrogens is 332 g/mol. The summed E-state index contributed by atoms with van der Waals surface area (Å²) in [6, 6.07) is 7.78. The Morgan fingerprint density at radius 3 is 2.87 bits per heavy atom. The van der Waals surface area contributed by atoms with Crippen LogP contribution in [-0.2, 0) is 6.42 Å². The number of rotatable bonds is 4. The van der Waals surface area contributed by atoms with Gasteiger partial charge >= 0.3 is 6.03 Å². The van der Waals surface area contributed by atoms with Crippen molar-refractivity contribution in [1.29, 1.82) is 0 Å². The van der Waals surface area contributed by atoms with Crippen molar-refractivity contribution in [1.82, 2.24) is 15.0 Å². The molecule has 0 saturated carbocycles. The van der Waals surface area contributed by atoms with E-state index in [1.165, 1.54) is 16.2 Å². The van der Waals surface area contributed by atoms with Gasteiger partial charge in [0.25, 0.3) is 0 Å². The molecule has 8 heteroatoms. The molecule has 3 aromatic heterocycles. The molecule has 0 aliphatic carbocycles. The summed E-state index contributed by atoms with van der Waals surface area (Å²) in [5.41, 5.74) is 0. The SMILES string of the molecule is O=C(Nc1cccs1)N1CC(c2nc(Cc3cccs3)no2)C1. The highest BCUT2D eigenvalue weighted by Crippen LogP contribution is 2.27. The number of hydrogen-bond acceptors (Lipinski definition) is 6. The molecule has 0 radical (unpaired) electrons. The molecule has 118 valence electrons. The third-order valence-electron chi connectivity index (χ3n) is 3.67. The Morgan fingerprint density at radius 1 is 1.30 bits per heavy atom. The van der Waals surface area contributed by atoms with Crippen molar-refractivity contribution >= 4 is 33.7 Å². The van der Waals surface area contributed by atoms with E-state index in [9.17, 15) is 4.79 Å². The van der Waals surface area contributed by atoms with Gasteiger partial charge in [-0.05, 0) is 29.0 Å². The lowest BCUT2D eigenvalue weighted by atomic mass is 10.0. The highest BCUT2D eigenvalue weighted by atomic mass is 32.1. The zero-order chi connectivity index (χ0) is 15.6. The first-order valence-corrected chi connectivity index (χ1v) is 8.98. The monoisotopic (exact) mass is 346 g/mol. The highest BCUT2D eigenvalue weighted by Gasteiger charge is 2.35. The van der Waals surface area contributed by atoms with Crippen LogP contribution in [0.15, 0.2) is 39.5 Å². The normalized spacial score (nSPS) is 14.7. The van der Waals surface area contributed by atoms with Crippen molar-refractivity contribution in [2.45, 2.75) is 12.3 Å². The van der Waals surface area contributed by atoms with Gasteiger partial charge in [-0.15, -0.1) is 22.7 Å². The lowest BCUT2D eigenvalue weighted by molar-refractivity contribution is 0.147. The van der Waals surface area contributed by atoms with Gasteiger partial charge in [-0.3, -0.25) is 5.32 Å². The van der Waals surface area contributed by atoms with Gasteiger partial charge in [-0.2, -0.15) is 4.98 Å². The molecule has 6 nitrogen and oxygen atoms in total. The average Bonchev–Trinajstić information content (AvgIpc) is 3.20. The van der Waals surface area contributed by atoms with Crippen molar-refractivity contribution in [2.24, 2.45) is 0 Å². The van der Waals surface area contributed by atoms with E-state index in [1.54, 1.807) is 16.2 Å². The molecule has 23 heavy (non-hydrogen) atoms. The Labute approximate surface area is 140 Å². The quantitative estimate of drug-likeness (QED) is 0.786. The van der Waals surface area contributed by atoms with Gasteiger partial charge < -0.3 is 9.42 Å². The van der Waals surface area contributed by atoms with Crippen LogP contribution >= 0.6 is 22.7 Å². The standard InChI is InChI=1S/C15H14N4O2S2/c20-15(17-13-4-2-6-23-13)19-8-10(9-19)14-16-12(18-21-14)7-11-3-1-5-22-11/h1-6,10H,7-9H2,(H,17,20). The summed E-state index contributed by atoms with van der Waals surface area (Å²) in [4.78, 5) is 19.4. The van der Waals surface area contributed by atoms with Gasteiger partial charge in [0.1, 0.15) is 0 Å². The number of nitrogens with zero attached hydrogens (tertiary/aromatic N) is 3. The lowest BCUT2D eigenvalue weighted by Crippen LogP contribution is -2.50. The smallest absolute Gasteiger partial charge is 0.322 e. The molecule has 0 aromatic carbocycles. The second kappa shape index (κ2) is 6.13. The first-order chi connectivity index (χ1) is 11.3. The van der Waals surface area contributed by atoms with Gasteiger partial charge in [0, 0.05) is 24.4 Å². The second-order valence-electron chi connectivity index (χ2n) is 5.31. The minimum absolute atomic E-state index is 0.0815. The van der Waals surface area contributed by atoms with Gasteiger partial charge in [-0.25, -0.2) is 4.79 Å². The molecule has 2 amide bonds. The number of anilines is 1. The van der Waals surface area contributed by atoms with E-state index in [4.69, 9.17) is 4.52 Å². The minimum Gasteiger partial charge on any atom is -0.339 e. The molecule has 0 unspecified atom stereocenters. The first kappa shape index (κ1) is 14.4. The average molecular weight is 346 g/mol. The van der Waals surface area contributed by atoms with Crippen LogP contribution < -0.4 is 5.32 Å². The molecule has 0 spiro atoms. The van der Waals surface area contributed by atoms with Crippen molar-refractivity contribution in [2.75, 3.05) is 18.4 Å². The molecule has 1 saturated heterocycles. The topological polar surface area (TPSA) is 71.3 Å². The van der Waals surface area contributed by atoms with Crippen molar-refractivity contribution in [3.05, 3.63) is 51.6 Å². The number of hydrogen-bond donors (Lipinski definition) is 1. The van der Waals surface area contributed by atoms with E-state index in [0.717, 1.165) is 5.00 Å². The van der Waals surface area contributed by atoms with Gasteiger partial charge in [0.15, 0.2) is 5.82 Å². The predicted molar refractivity (Wildman–Crippen MR) is 89.1 cm³/mol. The Kier molecular flexibility index (Phi) is 3.84. The molecule has 1 N–H and O–H groups in total. The van der Waals surface area contributed by atoms with Gasteiger partial charge in [-0.1, -0.05) is 11.2 Å². The highest BCUT2D eigenvalue weighted by molar-refractivity contribution is 7.14. The number of thiophene rings is 2. The Morgan fingerprint density at radius 2 is 2.13 bits per heavy atom. The maximum Gasteiger partial charge on any atom is 0.322 e. The fraction of sp³-hybridized carbons (Fsp3) is 0.267. The molecule has 0 bridgehead atoms. The molecule has 4 heterocycles. The Hall–Kier alpha value is -2.19. The summed E-state index contributed by atoms with van der Waals surface area (Å²) in [7, 11) is 0. The summed E-state index contributed by atoms with van der Waals surface area (Å²) in [5, 5.41) is 11.7. The number of amides is 2. The Balaban J connectivity index is 1.31. The van der Waals surface area contributed by atoms with E-state index in [2.05, 4.69) is 21.5 Å². The lowest BCUT2D eigenvalue weighted by Gasteiger charge is -2.36. The first-order valence-electron chi connectivity index (χ1n) is 7.22. The number of likely N-dealkylation sites (tertiary alicyclic amines) is 1. The largest absolute Gasteiger partial charge is 0.339 e. The van der Waals surface area contributed by atoms with E-state index < -0.39 is 0 Å². The van der Waals surface area contributed by atoms with E-state index in [1.807, 2.05) is 29.0 Å². The summed E-state index contributed by atoms with van der Waals surface area (Å²) in [5.74, 6) is 1.45. The number of carbonyl (C=O) groups excluding carboxylic acids is 1. The number of urea groups is 1. The summed E-state index contributed by atoms with van der Waals surface area (Å²) in [6.45, 7) is 1.22. The van der Waals surface area contributed by atoms with E-state index in [0.29, 0.717) is 31.2 Å². The van der Waals surface area contributed by atoms with Crippen molar-refractivity contribution in [3.63, 3.8) is 0 Å². The summed E-state index contributed by atoms with van der Waals surface area (Å²) >= 11 is 3.19. The van der Waals surface area contributed by atoms with Crippen LogP contribution in [0.5, 0.6) is 0 Å². The zero-order valence-electron chi connectivity index (χ0n) is 12.1. The van der Waals surface area contributed by atoms with E-state index >= 15 is 0 Å². The fourth-order valence-electron chi connectivity index (χ4n) is 2.41. The predicted octanol–water partition coefficient (Wildman–Crippen LogP) is 3.41. The van der Waals surface area contributed by atoms with Crippen LogP contribution in [0.4, 0.5) is 9.80 Å². The molecule has 0 atom stereocenters. The van der Waals surface area contributed by atoms with Gasteiger partial charge in [0.05, 0.1) is 10.9 Å². The maximum absolute atomic E-state index is 12.0. The van der Waals surface area contributed by atoms with Crippen LogP contribution in [0, 0.1) is 0 Å². The van der Waals surface area contributed by atoms with Crippen LogP contribution in [0.1, 0.15) is 22.5 Å². The third kappa shape index (κ3) is 3.13. The molecule has 1 aliphatic rings. The van der Waals surface area contributed by atoms with Crippen molar-refractivity contribution in [3.8, 4) is 0 Å². The van der Waals surface area contributed by atoms with Crippen LogP contribution in [0.3, 0.4) is 0 Å².